The van der Waals surface area contributed by atoms with Gasteiger partial charge in [-0.1, -0.05) is 26.7 Å². The summed E-state index contributed by atoms with van der Waals surface area (Å²) >= 11 is 0. The van der Waals surface area contributed by atoms with E-state index < -0.39 is 5.97 Å². The highest BCUT2D eigenvalue weighted by Gasteiger charge is 2.29. The lowest BCUT2D eigenvalue weighted by Gasteiger charge is -2.29. The molecule has 0 aromatic carbocycles. The molecule has 1 aromatic rings. The van der Waals surface area contributed by atoms with Crippen LogP contribution in [0.25, 0.3) is 0 Å². The molecule has 0 atom stereocenters. The predicted molar refractivity (Wildman–Crippen MR) is 78.4 cm³/mol. The molecule has 0 saturated heterocycles. The van der Waals surface area contributed by atoms with E-state index in [0.29, 0.717) is 12.5 Å². The van der Waals surface area contributed by atoms with Gasteiger partial charge < -0.3 is 14.4 Å². The van der Waals surface area contributed by atoms with E-state index in [1.807, 2.05) is 4.90 Å². The number of carboxylic acid groups (broad SMARTS) is 1. The Kier molecular flexibility index (Phi) is 5.04. The molecule has 0 aliphatic heterocycles. The van der Waals surface area contributed by atoms with Crippen molar-refractivity contribution in [1.82, 2.24) is 4.90 Å². The minimum atomic E-state index is -1.15. The number of aromatic carboxylic acids is 1. The number of carboxylic acids is 1. The molecule has 0 unspecified atom stereocenters. The van der Waals surface area contributed by atoms with E-state index in [9.17, 15) is 9.59 Å². The summed E-state index contributed by atoms with van der Waals surface area (Å²) in [6.45, 7) is 4.96. The molecule has 1 aliphatic carbocycles. The molecule has 0 spiro atoms. The van der Waals surface area contributed by atoms with Gasteiger partial charge in [0.25, 0.3) is 5.91 Å². The van der Waals surface area contributed by atoms with Gasteiger partial charge in [0.15, 0.2) is 5.76 Å². The zero-order chi connectivity index (χ0) is 15.4. The Labute approximate surface area is 124 Å². The normalized spacial score (nSPS) is 15.6. The molecule has 1 heterocycles. The zero-order valence-electron chi connectivity index (χ0n) is 12.7. The van der Waals surface area contributed by atoms with Crippen LogP contribution in [-0.4, -0.2) is 34.5 Å². The van der Waals surface area contributed by atoms with Gasteiger partial charge in [-0.05, 0) is 37.3 Å². The van der Waals surface area contributed by atoms with Crippen molar-refractivity contribution in [2.24, 2.45) is 5.92 Å². The topological polar surface area (TPSA) is 70.8 Å². The minimum Gasteiger partial charge on any atom is -0.475 e. The fourth-order valence-electron chi connectivity index (χ4n) is 2.77. The van der Waals surface area contributed by atoms with Crippen molar-refractivity contribution in [3.63, 3.8) is 0 Å². The van der Waals surface area contributed by atoms with Crippen molar-refractivity contribution < 1.29 is 19.1 Å². The number of hydrogen-bond donors (Lipinski definition) is 1. The predicted octanol–water partition coefficient (Wildman–Crippen LogP) is 3.41. The number of amides is 1. The monoisotopic (exact) mass is 293 g/mol. The molecule has 1 N–H and O–H groups in total. The van der Waals surface area contributed by atoms with Crippen LogP contribution in [0.5, 0.6) is 0 Å². The van der Waals surface area contributed by atoms with Gasteiger partial charge in [0, 0.05) is 12.6 Å². The van der Waals surface area contributed by atoms with Crippen molar-refractivity contribution in [3.05, 3.63) is 23.7 Å². The van der Waals surface area contributed by atoms with Gasteiger partial charge >= 0.3 is 5.97 Å². The van der Waals surface area contributed by atoms with Crippen LogP contribution in [0.15, 0.2) is 16.5 Å². The first-order chi connectivity index (χ1) is 9.99. The quantitative estimate of drug-likeness (QED) is 0.872. The van der Waals surface area contributed by atoms with Crippen LogP contribution in [0.3, 0.4) is 0 Å². The molecule has 1 aromatic heterocycles. The third-order valence-electron chi connectivity index (χ3n) is 4.00. The van der Waals surface area contributed by atoms with Gasteiger partial charge in [0.2, 0.25) is 5.76 Å². The molecule has 1 aliphatic rings. The molecule has 0 bridgehead atoms. The summed E-state index contributed by atoms with van der Waals surface area (Å²) in [5, 5.41) is 8.89. The van der Waals surface area contributed by atoms with Crippen molar-refractivity contribution in [2.75, 3.05) is 6.54 Å². The Morgan fingerprint density at radius 2 is 1.90 bits per heavy atom. The smallest absolute Gasteiger partial charge is 0.371 e. The lowest BCUT2D eigenvalue weighted by Crippen LogP contribution is -2.39. The van der Waals surface area contributed by atoms with Crippen LogP contribution in [0.2, 0.25) is 0 Å². The molecule has 5 nitrogen and oxygen atoms in total. The Balaban J connectivity index is 2.13. The molecule has 2 rings (SSSR count). The second-order valence-corrected chi connectivity index (χ2v) is 6.09. The first kappa shape index (κ1) is 15.6. The molecule has 0 radical (unpaired) electrons. The molecule has 21 heavy (non-hydrogen) atoms. The van der Waals surface area contributed by atoms with Gasteiger partial charge in [-0.25, -0.2) is 4.79 Å². The number of hydrogen-bond acceptors (Lipinski definition) is 3. The molecule has 1 fully saturated rings. The van der Waals surface area contributed by atoms with Gasteiger partial charge in [-0.3, -0.25) is 4.79 Å². The third-order valence-corrected chi connectivity index (χ3v) is 4.00. The molecular formula is C16H23NO4. The lowest BCUT2D eigenvalue weighted by molar-refractivity contribution is 0.0617. The number of nitrogens with zero attached hydrogens (tertiary/aromatic N) is 1. The first-order valence-electron chi connectivity index (χ1n) is 7.63. The summed E-state index contributed by atoms with van der Waals surface area (Å²) in [5.74, 6) is -0.872. The Morgan fingerprint density at radius 3 is 2.43 bits per heavy atom. The van der Waals surface area contributed by atoms with Crippen LogP contribution in [0.1, 0.15) is 67.1 Å². The maximum atomic E-state index is 12.6. The van der Waals surface area contributed by atoms with Crippen LogP contribution in [-0.2, 0) is 0 Å². The number of rotatable bonds is 6. The Hall–Kier alpha value is -1.78. The van der Waals surface area contributed by atoms with Crippen molar-refractivity contribution in [1.29, 1.82) is 0 Å². The summed E-state index contributed by atoms with van der Waals surface area (Å²) in [7, 11) is 0. The van der Waals surface area contributed by atoms with E-state index in [-0.39, 0.29) is 23.5 Å². The molecule has 116 valence electrons. The Bertz CT molecular complexity index is 500. The van der Waals surface area contributed by atoms with Gasteiger partial charge in [-0.2, -0.15) is 0 Å². The third kappa shape index (κ3) is 3.86. The number of carbonyl (C=O) groups excluding carboxylic acids is 1. The molecular weight excluding hydrogens is 270 g/mol. The van der Waals surface area contributed by atoms with E-state index in [2.05, 4.69) is 13.8 Å². The van der Waals surface area contributed by atoms with Crippen LogP contribution in [0.4, 0.5) is 0 Å². The second kappa shape index (κ2) is 6.78. The van der Waals surface area contributed by atoms with E-state index in [1.54, 1.807) is 0 Å². The highest BCUT2D eigenvalue weighted by atomic mass is 16.4. The summed E-state index contributed by atoms with van der Waals surface area (Å²) in [5.41, 5.74) is 0. The van der Waals surface area contributed by atoms with Crippen molar-refractivity contribution in [3.8, 4) is 0 Å². The first-order valence-corrected chi connectivity index (χ1v) is 7.63. The summed E-state index contributed by atoms with van der Waals surface area (Å²) in [4.78, 5) is 25.4. The van der Waals surface area contributed by atoms with Crippen LogP contribution < -0.4 is 0 Å². The lowest BCUT2D eigenvalue weighted by atomic mass is 10.1. The second-order valence-electron chi connectivity index (χ2n) is 6.09. The van der Waals surface area contributed by atoms with Crippen molar-refractivity contribution >= 4 is 11.9 Å². The fraction of sp³-hybridized carbons (Fsp3) is 0.625. The van der Waals surface area contributed by atoms with E-state index in [1.165, 1.54) is 12.1 Å². The maximum Gasteiger partial charge on any atom is 0.371 e. The van der Waals surface area contributed by atoms with Crippen LogP contribution in [0, 0.1) is 5.92 Å². The largest absolute Gasteiger partial charge is 0.475 e. The minimum absolute atomic E-state index is 0.128. The number of carbonyl (C=O) groups is 2. The van der Waals surface area contributed by atoms with Crippen molar-refractivity contribution in [2.45, 2.75) is 52.0 Å². The highest BCUT2D eigenvalue weighted by Crippen LogP contribution is 2.26. The summed E-state index contributed by atoms with van der Waals surface area (Å²) in [6, 6.07) is 3.06. The van der Waals surface area contributed by atoms with E-state index in [0.717, 1.165) is 32.1 Å². The maximum absolute atomic E-state index is 12.6. The average molecular weight is 293 g/mol. The standard InChI is InChI=1S/C16H23NO4/c1-11(2)9-10-17(12-5-3-4-6-12)15(18)13-7-8-14(21-13)16(19)20/h7-8,11-12H,3-6,9-10H2,1-2H3,(H,19,20). The average Bonchev–Trinajstić information content (AvgIpc) is 3.09. The number of furan rings is 1. The molecule has 1 saturated carbocycles. The van der Waals surface area contributed by atoms with Crippen LogP contribution >= 0.6 is 0 Å². The SMILES string of the molecule is CC(C)CCN(C(=O)c1ccc(C(=O)O)o1)C1CCCC1. The highest BCUT2D eigenvalue weighted by molar-refractivity contribution is 5.93. The summed E-state index contributed by atoms with van der Waals surface area (Å²) in [6.07, 6.45) is 5.28. The van der Waals surface area contributed by atoms with E-state index >= 15 is 0 Å². The van der Waals surface area contributed by atoms with E-state index in [4.69, 9.17) is 9.52 Å². The summed E-state index contributed by atoms with van der Waals surface area (Å²) < 4.78 is 5.16. The zero-order valence-corrected chi connectivity index (χ0v) is 12.7. The van der Waals surface area contributed by atoms with Gasteiger partial charge in [0.05, 0.1) is 0 Å². The molecule has 1 amide bonds. The molecule has 5 heteroatoms. The van der Waals surface area contributed by atoms with Gasteiger partial charge in [-0.15, -0.1) is 0 Å². The van der Waals surface area contributed by atoms with Gasteiger partial charge in [0.1, 0.15) is 0 Å². The fourth-order valence-corrected chi connectivity index (χ4v) is 2.77. The Morgan fingerprint density at radius 1 is 1.29 bits per heavy atom.